The lowest BCUT2D eigenvalue weighted by molar-refractivity contribution is 0.00578. The maximum atomic E-state index is 13.7. The van der Waals surface area contributed by atoms with Crippen LogP contribution in [-0.4, -0.2) is 128 Å². The molecule has 5 fully saturated rings. The van der Waals surface area contributed by atoms with Gasteiger partial charge in [0.15, 0.2) is 17.3 Å². The number of rotatable bonds is 15. The second-order valence-electron chi connectivity index (χ2n) is 31.6. The third-order valence-corrected chi connectivity index (χ3v) is 27.2. The van der Waals surface area contributed by atoms with E-state index < -0.39 is 0 Å². The molecule has 19 rings (SSSR count). The first-order valence-corrected chi connectivity index (χ1v) is 42.9. The lowest BCUT2D eigenvalue weighted by Gasteiger charge is -2.32. The molecule has 6 aromatic heterocycles. The fraction of sp³-hybridized carbons (Fsp3) is 0.389. The smallest absolute Gasteiger partial charge is 0.400 e. The van der Waals surface area contributed by atoms with Gasteiger partial charge in [-0.05, 0) is 245 Å². The minimum atomic E-state index is -0.239. The van der Waals surface area contributed by atoms with E-state index in [-0.39, 0.29) is 53.4 Å². The van der Waals surface area contributed by atoms with Crippen molar-refractivity contribution in [3.05, 3.63) is 228 Å². The van der Waals surface area contributed by atoms with Crippen molar-refractivity contribution in [2.24, 2.45) is 17.8 Å². The van der Waals surface area contributed by atoms with Gasteiger partial charge in [-0.15, -0.1) is 34.0 Å². The van der Waals surface area contributed by atoms with Gasteiger partial charge in [0.2, 0.25) is 0 Å². The first kappa shape index (κ1) is 77.4. The summed E-state index contributed by atoms with van der Waals surface area (Å²) in [5.41, 5.74) is 14.2. The molecule has 0 unspecified atom stereocenters. The summed E-state index contributed by atoms with van der Waals surface area (Å²) < 4.78 is 28.7. The highest BCUT2D eigenvalue weighted by atomic mass is 79.9. The third-order valence-electron chi connectivity index (χ3n) is 23.0. The summed E-state index contributed by atoms with van der Waals surface area (Å²) in [5.74, 6) is 2.60. The summed E-state index contributed by atoms with van der Waals surface area (Å²) in [5, 5.41) is 0. The van der Waals surface area contributed by atoms with Crippen molar-refractivity contribution in [2.75, 3.05) is 74.0 Å². The second-order valence-corrected chi connectivity index (χ2v) is 35.6. The van der Waals surface area contributed by atoms with E-state index in [4.69, 9.17) is 33.5 Å². The van der Waals surface area contributed by atoms with E-state index in [1.165, 1.54) is 44.0 Å². The van der Waals surface area contributed by atoms with Crippen LogP contribution in [-0.2, 0) is 42.8 Å². The highest BCUT2D eigenvalue weighted by molar-refractivity contribution is 9.10. The van der Waals surface area contributed by atoms with Crippen LogP contribution < -0.4 is 14.7 Å². The highest BCUT2D eigenvalue weighted by Gasteiger charge is 2.52. The zero-order valence-corrected chi connectivity index (χ0v) is 67.9. The van der Waals surface area contributed by atoms with Crippen LogP contribution in [0.2, 0.25) is 0 Å². The molecule has 10 aliphatic rings. The van der Waals surface area contributed by atoms with Crippen molar-refractivity contribution < 1.29 is 52.3 Å². The summed E-state index contributed by atoms with van der Waals surface area (Å²) in [6.07, 6.45) is 19.0. The number of ether oxygens (including phenoxy) is 3. The maximum absolute atomic E-state index is 13.7. The maximum Gasteiger partial charge on any atom is 0.490 e. The number of hydrogen-bond donors (Lipinski definition) is 0. The van der Waals surface area contributed by atoms with Crippen LogP contribution in [0.25, 0.3) is 36.9 Å². The lowest BCUT2D eigenvalue weighted by atomic mass is 9.75. The Morgan fingerprint density at radius 2 is 0.857 bits per heavy atom. The number of halogens is 1. The molecule has 2 saturated heterocycles. The molecule has 3 aromatic carbocycles. The lowest BCUT2D eigenvalue weighted by Crippen LogP contribution is -2.41. The molecule has 112 heavy (non-hydrogen) atoms. The molecule has 17 nitrogen and oxygen atoms in total. The average molecular weight is 1620 g/mol. The molecule has 576 valence electrons. The number of para-hydroxylation sites is 3. The van der Waals surface area contributed by atoms with Crippen LogP contribution in [0.3, 0.4) is 0 Å². The fourth-order valence-corrected chi connectivity index (χ4v) is 19.3. The van der Waals surface area contributed by atoms with Gasteiger partial charge in [-0.3, -0.25) is 28.8 Å². The fourth-order valence-electron chi connectivity index (χ4n) is 15.4. The normalized spacial score (nSPS) is 18.7. The number of hydrogen-bond acceptors (Lipinski definition) is 17. The molecule has 3 saturated carbocycles. The molecule has 0 spiro atoms. The Kier molecular flexibility index (Phi) is 23.4. The van der Waals surface area contributed by atoms with Crippen molar-refractivity contribution in [1.29, 1.82) is 0 Å². The van der Waals surface area contributed by atoms with E-state index >= 15 is 0 Å². The molecule has 0 bridgehead atoms. The van der Waals surface area contributed by atoms with Gasteiger partial charge in [-0.25, -0.2) is 15.0 Å². The number of benzene rings is 3. The molecule has 0 radical (unpaired) electrons. The van der Waals surface area contributed by atoms with E-state index in [2.05, 4.69) is 79.0 Å². The summed E-state index contributed by atoms with van der Waals surface area (Å²) >= 11 is 8.08. The van der Waals surface area contributed by atoms with Crippen LogP contribution in [0.15, 0.2) is 168 Å². The van der Waals surface area contributed by atoms with E-state index in [0.717, 1.165) is 155 Å². The summed E-state index contributed by atoms with van der Waals surface area (Å²) in [4.78, 5) is 104. The Labute approximate surface area is 675 Å². The number of fused-ring (bicyclic) bond motifs is 9. The number of Topliss-reactive ketones (excluding diaryl/α,β-unsaturated/α-hetero) is 3. The minimum absolute atomic E-state index is 0.0680. The number of thiophene rings is 3. The van der Waals surface area contributed by atoms with Gasteiger partial charge < -0.3 is 38.2 Å². The molecular weight excluding hydrogens is 1530 g/mol. The Hall–Kier alpha value is -8.55. The zero-order chi connectivity index (χ0) is 77.2. The molecule has 22 heteroatoms. The van der Waals surface area contributed by atoms with E-state index in [1.807, 2.05) is 130 Å². The number of anilines is 3. The van der Waals surface area contributed by atoms with Crippen molar-refractivity contribution in [3.8, 4) is 31.3 Å². The molecule has 7 aliphatic heterocycles. The first-order valence-electron chi connectivity index (χ1n) is 39.6. The number of aromatic nitrogens is 3. The van der Waals surface area contributed by atoms with Crippen molar-refractivity contribution in [1.82, 2.24) is 15.0 Å². The number of pyridine rings is 3. The summed E-state index contributed by atoms with van der Waals surface area (Å²) in [6.45, 7) is 14.2. The van der Waals surface area contributed by atoms with Crippen LogP contribution in [0.5, 0.6) is 0 Å². The number of ketones is 3. The molecule has 3 amide bonds. The number of carbonyl (C=O) groups is 6. The SMILES string of the molecule is CC1(C)OB(C2=CCOCC2)OC1(C)C.O=C(CC1CC1)c1cc2c(s1)-c1ccccc1N(C(=O)c1cccc(Br)n1)CC2.O=C(CC1CC1)c1cc2c(s1)-c1ccccc1N(C(=O)c1cccc(C3=CCOCC3)n1)CC2.O=C(CC1CC1)c1cc2c(s1)-c1ccccc1N(C(=O)c1cccc(C3CCOCC3)n1)CC2. The van der Waals surface area contributed by atoms with Gasteiger partial charge in [0.05, 0.1) is 75.0 Å². The summed E-state index contributed by atoms with van der Waals surface area (Å²) in [6, 6.07) is 47.0. The molecule has 3 aliphatic carbocycles. The number of carbonyl (C=O) groups excluding carboxylic acids is 6. The third kappa shape index (κ3) is 17.6. The second kappa shape index (κ2) is 33.9. The topological polar surface area (TPSA) is 197 Å². The first-order chi connectivity index (χ1) is 54.4. The van der Waals surface area contributed by atoms with Crippen LogP contribution >= 0.6 is 49.9 Å². The average Bonchev–Trinajstić information content (AvgIpc) is 1.64. The molecule has 13 heterocycles. The minimum Gasteiger partial charge on any atom is -0.400 e. The number of amides is 3. The van der Waals surface area contributed by atoms with E-state index in [1.54, 1.807) is 46.1 Å². The Morgan fingerprint density at radius 1 is 0.446 bits per heavy atom. The quantitative estimate of drug-likeness (QED) is 0.0534. The van der Waals surface area contributed by atoms with Gasteiger partial charge in [0.25, 0.3) is 17.7 Å². The number of nitrogens with zero attached hydrogens (tertiary/aromatic N) is 6. The Balaban J connectivity index is 0.000000117. The van der Waals surface area contributed by atoms with Crippen molar-refractivity contribution >= 4 is 115 Å². The predicted octanol–water partition coefficient (Wildman–Crippen LogP) is 19.4. The van der Waals surface area contributed by atoms with Crippen molar-refractivity contribution in [3.63, 3.8) is 0 Å². The van der Waals surface area contributed by atoms with Gasteiger partial charge in [-0.2, -0.15) is 0 Å². The van der Waals surface area contributed by atoms with Gasteiger partial charge in [-0.1, -0.05) is 84.9 Å². The largest absolute Gasteiger partial charge is 0.490 e. The van der Waals surface area contributed by atoms with Gasteiger partial charge >= 0.3 is 7.12 Å². The van der Waals surface area contributed by atoms with Crippen LogP contribution in [0.4, 0.5) is 17.1 Å². The van der Waals surface area contributed by atoms with E-state index in [0.29, 0.717) is 110 Å². The molecule has 0 N–H and O–H groups in total. The standard InChI is InChI=1S/C28H28N2O3S.C28H26N2O3S.C23H19BrN2O2S.C11H19BO3/c2*31-25(16-18-8-9-18)26-17-20-10-13-30(24-7-2-1-4-21(24)27(20)34-26)28(32)23-6-3-5-22(29-23)19-11-14-33-15-12-19;24-21-7-3-5-17(25-21)23(28)26-11-10-15-13-20(19(27)12-14-8-9-14)29-22(15)16-4-1-2-6-18(16)26;1-10(2)11(3,4)15-12(14-10)9-5-7-13-8-6-9/h1-7,17-19H,8-16H2;1-7,11,17-18H,8-10,12-16H2;1-7,13-14H,8-12H2;5H,6-8H2,1-4H3. The van der Waals surface area contributed by atoms with Crippen LogP contribution in [0, 0.1) is 17.8 Å². The van der Waals surface area contributed by atoms with Gasteiger partial charge in [0, 0.05) is 95.0 Å². The molecule has 0 atom stereocenters. The highest BCUT2D eigenvalue weighted by Crippen LogP contribution is 2.48. The predicted molar refractivity (Wildman–Crippen MR) is 447 cm³/mol. The Bertz CT molecular complexity index is 5120. The molecule has 9 aromatic rings. The summed E-state index contributed by atoms with van der Waals surface area (Å²) in [7, 11) is -0.182. The Morgan fingerprint density at radius 3 is 1.28 bits per heavy atom. The van der Waals surface area contributed by atoms with Gasteiger partial charge in [0.1, 0.15) is 21.7 Å². The monoisotopic (exact) mass is 1620 g/mol. The van der Waals surface area contributed by atoms with Crippen LogP contribution in [0.1, 0.15) is 206 Å². The molecular formula is C90H92BBrN6O11S3. The van der Waals surface area contributed by atoms with Crippen molar-refractivity contribution in [2.45, 2.75) is 148 Å². The van der Waals surface area contributed by atoms with E-state index in [9.17, 15) is 28.8 Å². The zero-order valence-electron chi connectivity index (χ0n) is 63.9.